The Kier molecular flexibility index (Phi) is 5.06. The molecular formula is C11H17N5O2. The second-order valence-electron chi connectivity index (χ2n) is 3.80. The number of nitrogens with two attached hydrogens (primary N) is 1. The highest BCUT2D eigenvalue weighted by molar-refractivity contribution is 5.96. The van der Waals surface area contributed by atoms with Crippen molar-refractivity contribution in [2.24, 2.45) is 5.73 Å². The third-order valence-electron chi connectivity index (χ3n) is 2.12. The normalized spacial score (nSPS) is 9.72. The van der Waals surface area contributed by atoms with E-state index < -0.39 is 0 Å². The van der Waals surface area contributed by atoms with E-state index >= 15 is 0 Å². The van der Waals surface area contributed by atoms with Gasteiger partial charge in [0.1, 0.15) is 0 Å². The number of carbonyl (C=O) groups excluding carboxylic acids is 2. The lowest BCUT2D eigenvalue weighted by molar-refractivity contribution is -0.123. The second kappa shape index (κ2) is 6.55. The highest BCUT2D eigenvalue weighted by Gasteiger charge is 2.09. The van der Waals surface area contributed by atoms with E-state index in [-0.39, 0.29) is 24.9 Å². The maximum atomic E-state index is 11.6. The molecule has 7 heteroatoms. The third kappa shape index (κ3) is 4.02. The monoisotopic (exact) mass is 251 g/mol. The van der Waals surface area contributed by atoms with Crippen LogP contribution >= 0.6 is 0 Å². The fourth-order valence-electron chi connectivity index (χ4n) is 1.30. The molecule has 7 nitrogen and oxygen atoms in total. The van der Waals surface area contributed by atoms with Crippen molar-refractivity contribution in [2.75, 3.05) is 37.4 Å². The van der Waals surface area contributed by atoms with Gasteiger partial charge >= 0.3 is 0 Å². The Balaban J connectivity index is 2.62. The highest BCUT2D eigenvalue weighted by atomic mass is 16.2. The van der Waals surface area contributed by atoms with E-state index in [9.17, 15) is 9.59 Å². The van der Waals surface area contributed by atoms with Gasteiger partial charge in [-0.1, -0.05) is 0 Å². The molecule has 98 valence electrons. The van der Waals surface area contributed by atoms with Gasteiger partial charge in [-0.15, -0.1) is 0 Å². The molecule has 0 saturated carbocycles. The predicted octanol–water partition coefficient (Wildman–Crippen LogP) is -0.839. The minimum absolute atomic E-state index is 0.113. The average Bonchev–Trinajstić information content (AvgIpc) is 2.36. The summed E-state index contributed by atoms with van der Waals surface area (Å²) < 4.78 is 0. The molecule has 0 saturated heterocycles. The zero-order chi connectivity index (χ0) is 13.5. The fourth-order valence-corrected chi connectivity index (χ4v) is 1.30. The maximum absolute atomic E-state index is 11.6. The summed E-state index contributed by atoms with van der Waals surface area (Å²) >= 11 is 0. The van der Waals surface area contributed by atoms with E-state index in [1.165, 1.54) is 0 Å². The SMILES string of the molecule is CN(C)c1ncccc1NC(=O)CNC(=O)CN. The Bertz CT molecular complexity index is 433. The van der Waals surface area contributed by atoms with Crippen LogP contribution in [-0.4, -0.2) is 44.0 Å². The van der Waals surface area contributed by atoms with E-state index in [0.717, 1.165) is 0 Å². The molecule has 0 unspecified atom stereocenters. The van der Waals surface area contributed by atoms with Gasteiger partial charge in [-0.05, 0) is 12.1 Å². The minimum Gasteiger partial charge on any atom is -0.361 e. The summed E-state index contributed by atoms with van der Waals surface area (Å²) in [4.78, 5) is 28.4. The first-order valence-electron chi connectivity index (χ1n) is 5.43. The van der Waals surface area contributed by atoms with Gasteiger partial charge in [0.05, 0.1) is 18.8 Å². The number of carbonyl (C=O) groups is 2. The van der Waals surface area contributed by atoms with Gasteiger partial charge in [0.25, 0.3) is 0 Å². The lowest BCUT2D eigenvalue weighted by atomic mass is 10.3. The van der Waals surface area contributed by atoms with Crippen molar-refractivity contribution in [1.29, 1.82) is 0 Å². The number of hydrogen-bond donors (Lipinski definition) is 3. The summed E-state index contributed by atoms with van der Waals surface area (Å²) in [6.07, 6.45) is 1.64. The van der Waals surface area contributed by atoms with Crippen molar-refractivity contribution in [3.63, 3.8) is 0 Å². The first-order valence-corrected chi connectivity index (χ1v) is 5.43. The molecule has 1 heterocycles. The molecule has 0 aliphatic rings. The molecule has 0 spiro atoms. The Hall–Kier alpha value is -2.15. The first-order chi connectivity index (χ1) is 8.54. The van der Waals surface area contributed by atoms with Crippen LogP contribution in [0.5, 0.6) is 0 Å². The van der Waals surface area contributed by atoms with Crippen LogP contribution in [0.4, 0.5) is 11.5 Å². The molecule has 1 rings (SSSR count). The highest BCUT2D eigenvalue weighted by Crippen LogP contribution is 2.19. The van der Waals surface area contributed by atoms with Crippen molar-refractivity contribution in [2.45, 2.75) is 0 Å². The van der Waals surface area contributed by atoms with Crippen LogP contribution in [0.15, 0.2) is 18.3 Å². The molecule has 0 aliphatic carbocycles. The summed E-state index contributed by atoms with van der Waals surface area (Å²) in [5.74, 6) is -0.0481. The average molecular weight is 251 g/mol. The van der Waals surface area contributed by atoms with Crippen LogP contribution in [-0.2, 0) is 9.59 Å². The van der Waals surface area contributed by atoms with Gasteiger partial charge in [0.2, 0.25) is 11.8 Å². The van der Waals surface area contributed by atoms with Crippen LogP contribution < -0.4 is 21.3 Å². The van der Waals surface area contributed by atoms with Gasteiger partial charge in [-0.2, -0.15) is 0 Å². The van der Waals surface area contributed by atoms with E-state index in [0.29, 0.717) is 11.5 Å². The molecule has 0 aliphatic heterocycles. The summed E-state index contributed by atoms with van der Waals surface area (Å²) in [6.45, 7) is -0.249. The number of amides is 2. The van der Waals surface area contributed by atoms with Crippen molar-refractivity contribution in [1.82, 2.24) is 10.3 Å². The molecule has 0 bridgehead atoms. The summed E-state index contributed by atoms with van der Waals surface area (Å²) in [5.41, 5.74) is 5.71. The van der Waals surface area contributed by atoms with Crippen LogP contribution in [0.1, 0.15) is 0 Å². The topological polar surface area (TPSA) is 100 Å². The van der Waals surface area contributed by atoms with E-state index in [4.69, 9.17) is 5.73 Å². The Labute approximate surface area is 105 Å². The van der Waals surface area contributed by atoms with Gasteiger partial charge in [-0.3, -0.25) is 9.59 Å². The molecule has 2 amide bonds. The van der Waals surface area contributed by atoms with Gasteiger partial charge < -0.3 is 21.3 Å². The van der Waals surface area contributed by atoms with Crippen molar-refractivity contribution in [3.05, 3.63) is 18.3 Å². The summed E-state index contributed by atoms with van der Waals surface area (Å²) in [5, 5.41) is 5.06. The largest absolute Gasteiger partial charge is 0.361 e. The van der Waals surface area contributed by atoms with Crippen LogP contribution in [0.25, 0.3) is 0 Å². The maximum Gasteiger partial charge on any atom is 0.243 e. The summed E-state index contributed by atoms with van der Waals surface area (Å²) in [6, 6.07) is 3.46. The first kappa shape index (κ1) is 13.9. The van der Waals surface area contributed by atoms with Gasteiger partial charge in [-0.25, -0.2) is 4.98 Å². The van der Waals surface area contributed by atoms with Crippen LogP contribution in [0.2, 0.25) is 0 Å². The van der Waals surface area contributed by atoms with Crippen molar-refractivity contribution < 1.29 is 9.59 Å². The molecule has 18 heavy (non-hydrogen) atoms. The number of anilines is 2. The molecule has 4 N–H and O–H groups in total. The number of rotatable bonds is 5. The number of hydrogen-bond acceptors (Lipinski definition) is 5. The molecule has 0 aromatic carbocycles. The Morgan fingerprint density at radius 1 is 1.39 bits per heavy atom. The summed E-state index contributed by atoms with van der Waals surface area (Å²) in [7, 11) is 3.66. The molecule has 0 fully saturated rings. The number of nitrogens with zero attached hydrogens (tertiary/aromatic N) is 2. The minimum atomic E-state index is -0.371. The fraction of sp³-hybridized carbons (Fsp3) is 0.364. The quantitative estimate of drug-likeness (QED) is 0.633. The lowest BCUT2D eigenvalue weighted by Gasteiger charge is -2.16. The second-order valence-corrected chi connectivity index (χ2v) is 3.80. The standard InChI is InChI=1S/C11H17N5O2/c1-16(2)11-8(4-3-5-13-11)15-10(18)7-14-9(17)6-12/h3-5H,6-7,12H2,1-2H3,(H,14,17)(H,15,18). The Morgan fingerprint density at radius 2 is 2.11 bits per heavy atom. The van der Waals surface area contributed by atoms with Crippen molar-refractivity contribution >= 4 is 23.3 Å². The van der Waals surface area contributed by atoms with Gasteiger partial charge in [0, 0.05) is 20.3 Å². The predicted molar refractivity (Wildman–Crippen MR) is 69.3 cm³/mol. The van der Waals surface area contributed by atoms with Crippen LogP contribution in [0, 0.1) is 0 Å². The van der Waals surface area contributed by atoms with Gasteiger partial charge in [0.15, 0.2) is 5.82 Å². The smallest absolute Gasteiger partial charge is 0.243 e. The number of pyridine rings is 1. The van der Waals surface area contributed by atoms with Crippen molar-refractivity contribution in [3.8, 4) is 0 Å². The number of aromatic nitrogens is 1. The molecular weight excluding hydrogens is 234 g/mol. The zero-order valence-corrected chi connectivity index (χ0v) is 10.4. The lowest BCUT2D eigenvalue weighted by Crippen LogP contribution is -2.36. The Morgan fingerprint density at radius 3 is 2.72 bits per heavy atom. The van der Waals surface area contributed by atoms with E-state index in [1.807, 2.05) is 14.1 Å². The molecule has 1 aromatic rings. The van der Waals surface area contributed by atoms with E-state index in [1.54, 1.807) is 23.2 Å². The number of nitrogens with one attached hydrogen (secondary N) is 2. The molecule has 0 atom stereocenters. The van der Waals surface area contributed by atoms with Crippen LogP contribution in [0.3, 0.4) is 0 Å². The zero-order valence-electron chi connectivity index (χ0n) is 10.4. The molecule has 0 radical (unpaired) electrons. The van der Waals surface area contributed by atoms with E-state index in [2.05, 4.69) is 15.6 Å². The molecule has 1 aromatic heterocycles. The third-order valence-corrected chi connectivity index (χ3v) is 2.12.